The molecule has 36 heavy (non-hydrogen) atoms. The van der Waals surface area contributed by atoms with Gasteiger partial charge in [0.15, 0.2) is 0 Å². The second-order valence-electron chi connectivity index (χ2n) is 10.6. The summed E-state index contributed by atoms with van der Waals surface area (Å²) in [6, 6.07) is 15.5. The predicted molar refractivity (Wildman–Crippen MR) is 145 cm³/mol. The zero-order chi connectivity index (χ0) is 24.6. The van der Waals surface area contributed by atoms with Crippen molar-refractivity contribution in [3.63, 3.8) is 0 Å². The quantitative estimate of drug-likeness (QED) is 0.192. The van der Waals surface area contributed by atoms with Gasteiger partial charge in [-0.1, -0.05) is 63.3 Å². The molecule has 3 aliphatic rings. The Hall–Kier alpha value is -2.30. The minimum Gasteiger partial charge on any atom is -0.491 e. The van der Waals surface area contributed by atoms with Gasteiger partial charge >= 0.3 is 0 Å². The lowest BCUT2D eigenvalue weighted by Crippen LogP contribution is -2.07. The summed E-state index contributed by atoms with van der Waals surface area (Å²) >= 11 is 0. The van der Waals surface area contributed by atoms with Gasteiger partial charge < -0.3 is 18.9 Å². The second-order valence-corrected chi connectivity index (χ2v) is 10.6. The van der Waals surface area contributed by atoms with Crippen molar-refractivity contribution < 1.29 is 18.9 Å². The molecule has 3 unspecified atom stereocenters. The van der Waals surface area contributed by atoms with Gasteiger partial charge in [0.05, 0.1) is 13.2 Å². The first kappa shape index (κ1) is 25.4. The van der Waals surface area contributed by atoms with Gasteiger partial charge in [-0.25, -0.2) is 0 Å². The molecular formula is C32H42O4. The highest BCUT2D eigenvalue weighted by molar-refractivity contribution is 5.68. The SMILES string of the molecule is CCCCCCCCc1cc(C2=CCC(c3ccc(OCC4CO4)cc3)CC2)ccc1OCC1CO1. The minimum absolute atomic E-state index is 0.289. The first-order valence-electron chi connectivity index (χ1n) is 14.2. The number of benzene rings is 2. The molecule has 0 saturated carbocycles. The van der Waals surface area contributed by atoms with E-state index in [2.05, 4.69) is 55.5 Å². The highest BCUT2D eigenvalue weighted by Gasteiger charge is 2.24. The van der Waals surface area contributed by atoms with E-state index < -0.39 is 0 Å². The van der Waals surface area contributed by atoms with Gasteiger partial charge in [0, 0.05) is 0 Å². The van der Waals surface area contributed by atoms with Crippen LogP contribution in [-0.2, 0) is 15.9 Å². The highest BCUT2D eigenvalue weighted by atomic mass is 16.6. The summed E-state index contributed by atoms with van der Waals surface area (Å²) in [6.45, 7) is 5.28. The van der Waals surface area contributed by atoms with E-state index in [1.807, 2.05) is 0 Å². The third-order valence-corrected chi connectivity index (χ3v) is 7.66. The number of hydrogen-bond donors (Lipinski definition) is 0. The van der Waals surface area contributed by atoms with Crippen molar-refractivity contribution in [3.05, 3.63) is 65.2 Å². The molecule has 2 aromatic carbocycles. The molecular weight excluding hydrogens is 448 g/mol. The molecule has 2 aliphatic heterocycles. The van der Waals surface area contributed by atoms with E-state index in [1.54, 1.807) is 0 Å². The van der Waals surface area contributed by atoms with Crippen molar-refractivity contribution in [2.45, 2.75) is 89.3 Å². The molecule has 0 radical (unpaired) electrons. The van der Waals surface area contributed by atoms with Gasteiger partial charge in [-0.05, 0) is 84.6 Å². The molecule has 0 aromatic heterocycles. The van der Waals surface area contributed by atoms with Crippen LogP contribution in [0.3, 0.4) is 0 Å². The van der Waals surface area contributed by atoms with Crippen molar-refractivity contribution in [1.82, 2.24) is 0 Å². The Morgan fingerprint density at radius 2 is 1.56 bits per heavy atom. The van der Waals surface area contributed by atoms with E-state index >= 15 is 0 Å². The summed E-state index contributed by atoms with van der Waals surface area (Å²) in [5, 5.41) is 0. The molecule has 2 aromatic rings. The van der Waals surface area contributed by atoms with Crippen LogP contribution in [0.1, 0.15) is 87.3 Å². The van der Waals surface area contributed by atoms with E-state index in [0.29, 0.717) is 25.2 Å². The zero-order valence-corrected chi connectivity index (χ0v) is 21.9. The van der Waals surface area contributed by atoms with Crippen LogP contribution in [-0.4, -0.2) is 38.6 Å². The molecule has 0 spiro atoms. The van der Waals surface area contributed by atoms with E-state index in [-0.39, 0.29) is 6.10 Å². The first-order chi connectivity index (χ1) is 17.8. The smallest absolute Gasteiger partial charge is 0.122 e. The number of aryl methyl sites for hydroxylation is 1. The van der Waals surface area contributed by atoms with Gasteiger partial charge in [0.25, 0.3) is 0 Å². The maximum absolute atomic E-state index is 6.16. The number of ether oxygens (including phenoxy) is 4. The zero-order valence-electron chi connectivity index (χ0n) is 21.9. The number of allylic oxidation sites excluding steroid dienone is 2. The van der Waals surface area contributed by atoms with E-state index in [9.17, 15) is 0 Å². The third kappa shape index (κ3) is 7.60. The molecule has 0 bridgehead atoms. The molecule has 0 amide bonds. The number of hydrogen-bond acceptors (Lipinski definition) is 4. The second kappa shape index (κ2) is 12.8. The molecule has 2 saturated heterocycles. The lowest BCUT2D eigenvalue weighted by Gasteiger charge is -2.23. The lowest BCUT2D eigenvalue weighted by atomic mass is 9.82. The molecule has 0 N–H and O–H groups in total. The Balaban J connectivity index is 1.18. The Labute approximate surface area is 217 Å². The molecule has 194 valence electrons. The average Bonchev–Trinajstić information content (AvgIpc) is 3.85. The number of unbranched alkanes of at least 4 members (excludes halogenated alkanes) is 5. The van der Waals surface area contributed by atoms with Crippen molar-refractivity contribution in [2.75, 3.05) is 26.4 Å². The summed E-state index contributed by atoms with van der Waals surface area (Å²) < 4.78 is 22.5. The minimum atomic E-state index is 0.289. The van der Waals surface area contributed by atoms with Crippen LogP contribution >= 0.6 is 0 Å². The summed E-state index contributed by atoms with van der Waals surface area (Å²) in [5.41, 5.74) is 5.63. The average molecular weight is 491 g/mol. The fourth-order valence-corrected chi connectivity index (χ4v) is 5.15. The Morgan fingerprint density at radius 1 is 0.833 bits per heavy atom. The van der Waals surface area contributed by atoms with E-state index in [1.165, 1.54) is 67.2 Å². The van der Waals surface area contributed by atoms with E-state index in [4.69, 9.17) is 18.9 Å². The lowest BCUT2D eigenvalue weighted by molar-refractivity contribution is 0.261. The van der Waals surface area contributed by atoms with Gasteiger partial charge in [0.1, 0.15) is 36.9 Å². The summed E-state index contributed by atoms with van der Waals surface area (Å²) in [6.07, 6.45) is 15.4. The van der Waals surface area contributed by atoms with Crippen LogP contribution in [0.4, 0.5) is 0 Å². The van der Waals surface area contributed by atoms with Crippen LogP contribution < -0.4 is 9.47 Å². The monoisotopic (exact) mass is 490 g/mol. The maximum atomic E-state index is 6.16. The summed E-state index contributed by atoms with van der Waals surface area (Å²) in [4.78, 5) is 0. The molecule has 2 fully saturated rings. The largest absolute Gasteiger partial charge is 0.491 e. The van der Waals surface area contributed by atoms with Crippen LogP contribution in [0.5, 0.6) is 11.5 Å². The predicted octanol–water partition coefficient (Wildman–Crippen LogP) is 7.50. The molecule has 3 atom stereocenters. The number of rotatable bonds is 15. The normalized spacial score (nSPS) is 22.7. The maximum Gasteiger partial charge on any atom is 0.122 e. The van der Waals surface area contributed by atoms with Crippen LogP contribution in [0, 0.1) is 0 Å². The van der Waals surface area contributed by atoms with Crippen molar-refractivity contribution in [1.29, 1.82) is 0 Å². The first-order valence-corrected chi connectivity index (χ1v) is 14.2. The fraction of sp³-hybridized carbons (Fsp3) is 0.562. The van der Waals surface area contributed by atoms with Crippen LogP contribution in [0.2, 0.25) is 0 Å². The van der Waals surface area contributed by atoms with Gasteiger partial charge in [-0.3, -0.25) is 0 Å². The number of epoxide rings is 2. The van der Waals surface area contributed by atoms with E-state index in [0.717, 1.165) is 44.0 Å². The Bertz CT molecular complexity index is 988. The fourth-order valence-electron chi connectivity index (χ4n) is 5.15. The molecule has 4 nitrogen and oxygen atoms in total. The van der Waals surface area contributed by atoms with Gasteiger partial charge in [0.2, 0.25) is 0 Å². The van der Waals surface area contributed by atoms with Crippen LogP contribution in [0.25, 0.3) is 5.57 Å². The van der Waals surface area contributed by atoms with Crippen molar-refractivity contribution in [2.24, 2.45) is 0 Å². The summed E-state index contributed by atoms with van der Waals surface area (Å²) in [7, 11) is 0. The van der Waals surface area contributed by atoms with Gasteiger partial charge in [-0.2, -0.15) is 0 Å². The highest BCUT2D eigenvalue weighted by Crippen LogP contribution is 2.38. The molecule has 5 rings (SSSR count). The topological polar surface area (TPSA) is 43.5 Å². The van der Waals surface area contributed by atoms with Crippen LogP contribution in [0.15, 0.2) is 48.5 Å². The van der Waals surface area contributed by atoms with Gasteiger partial charge in [-0.15, -0.1) is 0 Å². The van der Waals surface area contributed by atoms with Crippen molar-refractivity contribution in [3.8, 4) is 11.5 Å². The molecule has 2 heterocycles. The Kier molecular flexibility index (Phi) is 9.00. The standard InChI is InChI=1S/C32H42O4/c1-2-3-4-5-6-7-8-28-19-27(15-18-32(28)36-23-31-22-35-31)26-11-9-24(10-12-26)25-13-16-29(17-14-25)33-20-30-21-34-30/h11,13-19,24,30-31H,2-10,12,20-23H2,1H3. The Morgan fingerprint density at radius 3 is 2.25 bits per heavy atom. The molecule has 4 heteroatoms. The summed E-state index contributed by atoms with van der Waals surface area (Å²) in [5.74, 6) is 2.57. The molecule has 1 aliphatic carbocycles. The third-order valence-electron chi connectivity index (χ3n) is 7.66. The van der Waals surface area contributed by atoms with Crippen molar-refractivity contribution >= 4 is 5.57 Å².